The third-order valence-corrected chi connectivity index (χ3v) is 5.56. The molecule has 0 aromatic carbocycles. The summed E-state index contributed by atoms with van der Waals surface area (Å²) in [6, 6.07) is 1.69. The van der Waals surface area contributed by atoms with Crippen LogP contribution in [0.3, 0.4) is 0 Å². The Morgan fingerprint density at radius 3 is 2.88 bits per heavy atom. The van der Waals surface area contributed by atoms with Crippen molar-refractivity contribution in [1.29, 1.82) is 0 Å². The van der Waals surface area contributed by atoms with E-state index in [0.29, 0.717) is 0 Å². The lowest BCUT2D eigenvalue weighted by Gasteiger charge is -2.21. The van der Waals surface area contributed by atoms with Crippen LogP contribution in [-0.2, 0) is 11.2 Å². The van der Waals surface area contributed by atoms with Crippen molar-refractivity contribution in [3.05, 3.63) is 17.3 Å². The van der Waals surface area contributed by atoms with E-state index in [-0.39, 0.29) is 29.1 Å². The minimum atomic E-state index is -1.42. The lowest BCUT2D eigenvalue weighted by atomic mass is 9.89. The number of nitrogens with one attached hydrogen (secondary N) is 1. The molecule has 2 aliphatic heterocycles. The summed E-state index contributed by atoms with van der Waals surface area (Å²) in [7, 11) is 0. The van der Waals surface area contributed by atoms with Crippen LogP contribution in [0.25, 0.3) is 0 Å². The van der Waals surface area contributed by atoms with Crippen LogP contribution in [0.2, 0.25) is 0 Å². The van der Waals surface area contributed by atoms with Gasteiger partial charge in [-0.05, 0) is 43.1 Å². The van der Waals surface area contributed by atoms with Crippen molar-refractivity contribution in [2.45, 2.75) is 44.2 Å². The van der Waals surface area contributed by atoms with Gasteiger partial charge >= 0.3 is 6.16 Å². The molecule has 0 saturated carbocycles. The molecule has 1 amide bonds. The Balaban J connectivity index is 2.09. The zero-order valence-corrected chi connectivity index (χ0v) is 14.6. The van der Waals surface area contributed by atoms with Gasteiger partial charge < -0.3 is 15.2 Å². The first-order valence-electron chi connectivity index (χ1n) is 7.80. The largest absolute Gasteiger partial charge is 0.511 e. The molecule has 2 aliphatic rings. The van der Waals surface area contributed by atoms with E-state index < -0.39 is 11.7 Å². The van der Waals surface area contributed by atoms with Crippen LogP contribution in [0.5, 0.6) is 5.75 Å². The SMILES string of the molecule is CC(C)C1(C)N=C(c2nc3c(cc2OC(=O)O)CCCS3)NC1=O. The predicted molar refractivity (Wildman–Crippen MR) is 89.9 cm³/mol. The van der Waals surface area contributed by atoms with Crippen LogP contribution in [-0.4, -0.2) is 39.3 Å². The first-order valence-corrected chi connectivity index (χ1v) is 8.79. The molecule has 1 atom stereocenters. The minimum absolute atomic E-state index is 0.00848. The number of fused-ring (bicyclic) bond motifs is 1. The second-order valence-corrected chi connectivity index (χ2v) is 7.42. The minimum Gasteiger partial charge on any atom is -0.449 e. The normalized spacial score (nSPS) is 22.8. The van der Waals surface area contributed by atoms with Gasteiger partial charge in [0.2, 0.25) is 0 Å². The Hall–Kier alpha value is -2.09. The fourth-order valence-electron chi connectivity index (χ4n) is 2.64. The number of carbonyl (C=O) groups excluding carboxylic acids is 1. The van der Waals surface area contributed by atoms with E-state index in [0.717, 1.165) is 29.2 Å². The summed E-state index contributed by atoms with van der Waals surface area (Å²) in [6.45, 7) is 5.58. The van der Waals surface area contributed by atoms with Gasteiger partial charge in [-0.25, -0.2) is 14.8 Å². The Kier molecular flexibility index (Phi) is 4.25. The summed E-state index contributed by atoms with van der Waals surface area (Å²) >= 11 is 1.61. The molecule has 0 saturated heterocycles. The van der Waals surface area contributed by atoms with Gasteiger partial charge in [0.15, 0.2) is 11.6 Å². The number of hydrogen-bond donors (Lipinski definition) is 2. The molecule has 24 heavy (non-hydrogen) atoms. The Morgan fingerprint density at radius 1 is 1.50 bits per heavy atom. The number of nitrogens with zero attached hydrogens (tertiary/aromatic N) is 2. The van der Waals surface area contributed by atoms with Crippen molar-refractivity contribution in [2.75, 3.05) is 5.75 Å². The van der Waals surface area contributed by atoms with Gasteiger partial charge in [-0.2, -0.15) is 0 Å². The van der Waals surface area contributed by atoms with Crippen LogP contribution in [0.1, 0.15) is 38.4 Å². The van der Waals surface area contributed by atoms with E-state index in [2.05, 4.69) is 15.3 Å². The molecule has 0 radical (unpaired) electrons. The van der Waals surface area contributed by atoms with Crippen molar-refractivity contribution in [2.24, 2.45) is 10.9 Å². The molecular formula is C16H19N3O4S. The quantitative estimate of drug-likeness (QED) is 0.813. The summed E-state index contributed by atoms with van der Waals surface area (Å²) in [5.41, 5.74) is 0.326. The molecular weight excluding hydrogens is 330 g/mol. The lowest BCUT2D eigenvalue weighted by molar-refractivity contribution is -0.124. The first-order chi connectivity index (χ1) is 11.3. The molecule has 0 spiro atoms. The molecule has 0 bridgehead atoms. The highest BCUT2D eigenvalue weighted by Gasteiger charge is 2.43. The van der Waals surface area contributed by atoms with E-state index >= 15 is 0 Å². The zero-order chi connectivity index (χ0) is 17.5. The van der Waals surface area contributed by atoms with E-state index in [1.54, 1.807) is 24.8 Å². The van der Waals surface area contributed by atoms with Gasteiger partial charge in [-0.15, -0.1) is 11.8 Å². The molecule has 1 unspecified atom stereocenters. The highest BCUT2D eigenvalue weighted by atomic mass is 32.2. The lowest BCUT2D eigenvalue weighted by Crippen LogP contribution is -2.41. The number of thioether (sulfide) groups is 1. The van der Waals surface area contributed by atoms with Crippen molar-refractivity contribution in [3.8, 4) is 5.75 Å². The van der Waals surface area contributed by atoms with Crippen LogP contribution < -0.4 is 10.1 Å². The number of rotatable bonds is 3. The van der Waals surface area contributed by atoms with Crippen LogP contribution >= 0.6 is 11.8 Å². The summed E-state index contributed by atoms with van der Waals surface area (Å²) < 4.78 is 4.90. The maximum Gasteiger partial charge on any atom is 0.511 e. The topological polar surface area (TPSA) is 101 Å². The molecule has 7 nitrogen and oxygen atoms in total. The van der Waals surface area contributed by atoms with Crippen LogP contribution in [0.15, 0.2) is 16.1 Å². The average molecular weight is 349 g/mol. The van der Waals surface area contributed by atoms with Crippen molar-refractivity contribution < 1.29 is 19.4 Å². The standard InChI is InChI=1S/C16H19N3O4S/c1-8(2)16(3)14(20)18-12(19-16)11-10(23-15(21)22)7-9-5-4-6-24-13(9)17-11/h7-8H,4-6H2,1-3H3,(H,21,22)(H,18,19,20). The van der Waals surface area contributed by atoms with E-state index in [4.69, 9.17) is 9.84 Å². The molecule has 1 aromatic rings. The number of amidine groups is 1. The van der Waals surface area contributed by atoms with Crippen molar-refractivity contribution in [1.82, 2.24) is 10.3 Å². The fourth-order valence-corrected chi connectivity index (χ4v) is 3.63. The van der Waals surface area contributed by atoms with Crippen molar-refractivity contribution in [3.63, 3.8) is 0 Å². The number of aromatic nitrogens is 1. The fraction of sp³-hybridized carbons (Fsp3) is 0.500. The van der Waals surface area contributed by atoms with Gasteiger partial charge in [0.25, 0.3) is 5.91 Å². The molecule has 3 rings (SSSR count). The highest BCUT2D eigenvalue weighted by molar-refractivity contribution is 7.99. The number of aliphatic imine (C=N–C) groups is 1. The van der Waals surface area contributed by atoms with Gasteiger partial charge in [0, 0.05) is 0 Å². The maximum absolute atomic E-state index is 12.3. The number of hydrogen-bond acceptors (Lipinski definition) is 6. The van der Waals surface area contributed by atoms with Gasteiger partial charge in [0.05, 0.1) is 0 Å². The molecule has 1 aromatic heterocycles. The smallest absolute Gasteiger partial charge is 0.449 e. The Morgan fingerprint density at radius 2 is 2.25 bits per heavy atom. The summed E-state index contributed by atoms with van der Waals surface area (Å²) in [4.78, 5) is 32.4. The van der Waals surface area contributed by atoms with Gasteiger partial charge in [-0.1, -0.05) is 13.8 Å². The average Bonchev–Trinajstić information content (AvgIpc) is 2.83. The Labute approximate surface area is 143 Å². The van der Waals surface area contributed by atoms with E-state index in [9.17, 15) is 9.59 Å². The van der Waals surface area contributed by atoms with Crippen molar-refractivity contribution >= 4 is 29.7 Å². The number of carboxylic acid groups (broad SMARTS) is 1. The third kappa shape index (κ3) is 2.86. The number of carbonyl (C=O) groups is 2. The number of pyridine rings is 1. The number of aryl methyl sites for hydroxylation is 1. The van der Waals surface area contributed by atoms with Crippen LogP contribution in [0, 0.1) is 5.92 Å². The number of amides is 1. The van der Waals surface area contributed by atoms with Gasteiger partial charge in [0.1, 0.15) is 16.3 Å². The second kappa shape index (κ2) is 6.08. The predicted octanol–water partition coefficient (Wildman–Crippen LogP) is 2.47. The number of ether oxygens (including phenoxy) is 1. The first kappa shape index (κ1) is 16.8. The van der Waals surface area contributed by atoms with E-state index in [1.165, 1.54) is 0 Å². The monoisotopic (exact) mass is 349 g/mol. The maximum atomic E-state index is 12.3. The van der Waals surface area contributed by atoms with Gasteiger partial charge in [-0.3, -0.25) is 4.79 Å². The van der Waals surface area contributed by atoms with Crippen LogP contribution in [0.4, 0.5) is 4.79 Å². The summed E-state index contributed by atoms with van der Waals surface area (Å²) in [6.07, 6.45) is 0.417. The third-order valence-electron chi connectivity index (χ3n) is 4.44. The zero-order valence-electron chi connectivity index (χ0n) is 13.8. The summed E-state index contributed by atoms with van der Waals surface area (Å²) in [5.74, 6) is 1.10. The second-order valence-electron chi connectivity index (χ2n) is 6.34. The molecule has 128 valence electrons. The molecule has 0 fully saturated rings. The highest BCUT2D eigenvalue weighted by Crippen LogP contribution is 2.34. The molecule has 2 N–H and O–H groups in total. The molecule has 3 heterocycles. The van der Waals surface area contributed by atoms with E-state index in [1.807, 2.05) is 13.8 Å². The summed E-state index contributed by atoms with van der Waals surface area (Å²) in [5, 5.41) is 12.6. The Bertz CT molecular complexity index is 747. The molecule has 8 heteroatoms. The molecule has 0 aliphatic carbocycles.